The number of hydrogen-bond acceptors (Lipinski definition) is 7. The molecule has 9 nitrogen and oxygen atoms in total. The third-order valence-electron chi connectivity index (χ3n) is 5.49. The van der Waals surface area contributed by atoms with Crippen LogP contribution in [0.25, 0.3) is 0 Å². The molecule has 0 unspecified atom stereocenters. The second kappa shape index (κ2) is 11.8. The fourth-order valence-electron chi connectivity index (χ4n) is 3.64. The van der Waals surface area contributed by atoms with Crippen LogP contribution in [0.2, 0.25) is 0 Å². The Bertz CT molecular complexity index is 825. The Morgan fingerprint density at radius 1 is 1.03 bits per heavy atom. The topological polar surface area (TPSA) is 88.6 Å². The van der Waals surface area contributed by atoms with Crippen molar-refractivity contribution in [3.8, 4) is 5.75 Å². The zero-order chi connectivity index (χ0) is 23.0. The normalized spacial score (nSPS) is 19.0. The van der Waals surface area contributed by atoms with Crippen molar-refractivity contribution in [2.75, 3.05) is 72.2 Å². The van der Waals surface area contributed by atoms with Crippen molar-refractivity contribution >= 4 is 16.1 Å². The Kier molecular flexibility index (Phi) is 9.15. The molecule has 0 radical (unpaired) electrons. The van der Waals surface area contributed by atoms with Crippen LogP contribution >= 0.6 is 0 Å². The van der Waals surface area contributed by atoms with Gasteiger partial charge in [0, 0.05) is 45.8 Å². The van der Waals surface area contributed by atoms with Crippen molar-refractivity contribution in [3.05, 3.63) is 24.3 Å². The van der Waals surface area contributed by atoms with Gasteiger partial charge in [-0.25, -0.2) is 13.2 Å². The first-order valence-corrected chi connectivity index (χ1v) is 12.7. The third-order valence-corrected chi connectivity index (χ3v) is 7.41. The number of carbonyl (C=O) groups excluding carboxylic acids is 1. The average Bonchev–Trinajstić information content (AvgIpc) is 3.04. The van der Waals surface area contributed by atoms with E-state index in [1.54, 1.807) is 29.2 Å². The van der Waals surface area contributed by atoms with Crippen LogP contribution in [0.5, 0.6) is 5.75 Å². The minimum absolute atomic E-state index is 0.232. The summed E-state index contributed by atoms with van der Waals surface area (Å²) in [5.74, 6) is 0.966. The monoisotopic (exact) mass is 469 g/mol. The van der Waals surface area contributed by atoms with Crippen molar-refractivity contribution in [1.29, 1.82) is 0 Å². The van der Waals surface area contributed by atoms with Crippen molar-refractivity contribution < 1.29 is 27.4 Å². The summed E-state index contributed by atoms with van der Waals surface area (Å²) in [6.45, 7) is 10.3. The molecule has 0 aliphatic carbocycles. The molecule has 2 heterocycles. The van der Waals surface area contributed by atoms with Gasteiger partial charge in [-0.15, -0.1) is 0 Å². The van der Waals surface area contributed by atoms with Gasteiger partial charge in [0.05, 0.1) is 24.7 Å². The number of hydrogen-bond donors (Lipinski definition) is 0. The SMILES string of the molecule is CC(C)COC(=O)N1CCCN(CCOc2ccc(S(=O)(=O)N3CCOCC3)cc2)CC1. The molecular weight excluding hydrogens is 434 g/mol. The first-order valence-electron chi connectivity index (χ1n) is 11.3. The summed E-state index contributed by atoms with van der Waals surface area (Å²) in [5.41, 5.74) is 0. The van der Waals surface area contributed by atoms with Crippen LogP contribution in [0.15, 0.2) is 29.2 Å². The van der Waals surface area contributed by atoms with Crippen LogP contribution in [0.3, 0.4) is 0 Å². The van der Waals surface area contributed by atoms with Crippen LogP contribution in [0, 0.1) is 5.92 Å². The molecule has 2 fully saturated rings. The van der Waals surface area contributed by atoms with E-state index in [1.807, 2.05) is 13.8 Å². The lowest BCUT2D eigenvalue weighted by Gasteiger charge is -2.26. The van der Waals surface area contributed by atoms with Gasteiger partial charge in [-0.1, -0.05) is 13.8 Å². The smallest absolute Gasteiger partial charge is 0.409 e. The predicted molar refractivity (Wildman–Crippen MR) is 120 cm³/mol. The molecule has 0 bridgehead atoms. The molecular formula is C22H35N3O6S. The van der Waals surface area contributed by atoms with Crippen molar-refractivity contribution in [3.63, 3.8) is 0 Å². The fourth-order valence-corrected chi connectivity index (χ4v) is 5.05. The summed E-state index contributed by atoms with van der Waals surface area (Å²) in [5, 5.41) is 0. The quantitative estimate of drug-likeness (QED) is 0.574. The van der Waals surface area contributed by atoms with E-state index in [1.165, 1.54) is 4.31 Å². The van der Waals surface area contributed by atoms with Crippen molar-refractivity contribution in [1.82, 2.24) is 14.1 Å². The fraction of sp³-hybridized carbons (Fsp3) is 0.682. The minimum atomic E-state index is -3.49. The Labute approximate surface area is 191 Å². The molecule has 0 spiro atoms. The molecule has 1 aromatic rings. The molecule has 3 rings (SSSR count). The Morgan fingerprint density at radius 3 is 2.44 bits per heavy atom. The first kappa shape index (κ1) is 24.8. The molecule has 0 atom stereocenters. The second-order valence-corrected chi connectivity index (χ2v) is 10.4. The van der Waals surface area contributed by atoms with E-state index in [0.717, 1.165) is 26.1 Å². The van der Waals surface area contributed by atoms with E-state index < -0.39 is 10.0 Å². The number of benzene rings is 1. The highest BCUT2D eigenvalue weighted by molar-refractivity contribution is 7.89. The van der Waals surface area contributed by atoms with E-state index in [0.29, 0.717) is 64.3 Å². The molecule has 180 valence electrons. The van der Waals surface area contributed by atoms with Crippen LogP contribution in [0.1, 0.15) is 20.3 Å². The molecule has 0 saturated carbocycles. The Morgan fingerprint density at radius 2 is 1.75 bits per heavy atom. The molecule has 0 N–H and O–H groups in total. The van der Waals surface area contributed by atoms with Crippen LogP contribution in [0.4, 0.5) is 4.79 Å². The Balaban J connectivity index is 1.42. The van der Waals surface area contributed by atoms with Gasteiger partial charge >= 0.3 is 6.09 Å². The lowest BCUT2D eigenvalue weighted by Crippen LogP contribution is -2.40. The van der Waals surface area contributed by atoms with E-state index in [-0.39, 0.29) is 11.0 Å². The lowest BCUT2D eigenvalue weighted by atomic mass is 10.2. The summed E-state index contributed by atoms with van der Waals surface area (Å²) >= 11 is 0. The summed E-state index contributed by atoms with van der Waals surface area (Å²) in [7, 11) is -3.49. The van der Waals surface area contributed by atoms with Crippen molar-refractivity contribution in [2.24, 2.45) is 5.92 Å². The van der Waals surface area contributed by atoms with Gasteiger partial charge in [-0.2, -0.15) is 4.31 Å². The summed E-state index contributed by atoms with van der Waals surface area (Å²) < 4.78 is 43.2. The maximum absolute atomic E-state index is 12.7. The maximum atomic E-state index is 12.7. The highest BCUT2D eigenvalue weighted by Crippen LogP contribution is 2.20. The maximum Gasteiger partial charge on any atom is 0.409 e. The average molecular weight is 470 g/mol. The Hall–Kier alpha value is -1.88. The minimum Gasteiger partial charge on any atom is -0.492 e. The summed E-state index contributed by atoms with van der Waals surface area (Å²) in [6.07, 6.45) is 0.661. The van der Waals surface area contributed by atoms with Gasteiger partial charge in [0.1, 0.15) is 12.4 Å². The standard InChI is InChI=1S/C22H35N3O6S/c1-19(2)18-31-22(26)24-9-3-8-23(10-11-24)12-17-30-20-4-6-21(7-5-20)32(27,28)25-13-15-29-16-14-25/h4-7,19H,3,8-18H2,1-2H3. The van der Waals surface area contributed by atoms with Gasteiger partial charge in [-0.3, -0.25) is 4.90 Å². The number of sulfonamides is 1. The van der Waals surface area contributed by atoms with Gasteiger partial charge < -0.3 is 19.1 Å². The van der Waals surface area contributed by atoms with E-state index in [4.69, 9.17) is 14.2 Å². The van der Waals surface area contributed by atoms with Crippen molar-refractivity contribution in [2.45, 2.75) is 25.2 Å². The zero-order valence-electron chi connectivity index (χ0n) is 19.1. The van der Waals surface area contributed by atoms with Crippen LogP contribution < -0.4 is 4.74 Å². The number of carbonyl (C=O) groups is 1. The van der Waals surface area contributed by atoms with Gasteiger partial charge in [0.2, 0.25) is 10.0 Å². The molecule has 32 heavy (non-hydrogen) atoms. The molecule has 1 amide bonds. The highest BCUT2D eigenvalue weighted by atomic mass is 32.2. The molecule has 2 aliphatic heterocycles. The van der Waals surface area contributed by atoms with E-state index in [9.17, 15) is 13.2 Å². The molecule has 2 aliphatic rings. The van der Waals surface area contributed by atoms with Crippen LogP contribution in [-0.2, 0) is 19.5 Å². The number of amides is 1. The molecule has 10 heteroatoms. The molecule has 0 aromatic heterocycles. The number of nitrogens with zero attached hydrogens (tertiary/aromatic N) is 3. The molecule has 2 saturated heterocycles. The summed E-state index contributed by atoms with van der Waals surface area (Å²) in [4.78, 5) is 16.5. The molecule has 1 aromatic carbocycles. The first-order chi connectivity index (χ1) is 15.4. The summed E-state index contributed by atoms with van der Waals surface area (Å²) in [6, 6.07) is 6.57. The number of ether oxygens (including phenoxy) is 3. The second-order valence-electron chi connectivity index (χ2n) is 8.49. The zero-order valence-corrected chi connectivity index (χ0v) is 19.9. The predicted octanol–water partition coefficient (Wildman–Crippen LogP) is 1.89. The lowest BCUT2D eigenvalue weighted by molar-refractivity contribution is 0.0730. The van der Waals surface area contributed by atoms with Crippen LogP contribution in [-0.4, -0.2) is 101 Å². The largest absolute Gasteiger partial charge is 0.492 e. The number of rotatable bonds is 8. The van der Waals surface area contributed by atoms with E-state index >= 15 is 0 Å². The van der Waals surface area contributed by atoms with E-state index in [2.05, 4.69) is 4.90 Å². The third kappa shape index (κ3) is 7.06. The van der Waals surface area contributed by atoms with Gasteiger partial charge in [-0.05, 0) is 36.6 Å². The number of morpholine rings is 1. The van der Waals surface area contributed by atoms with Gasteiger partial charge in [0.15, 0.2) is 0 Å². The highest BCUT2D eigenvalue weighted by Gasteiger charge is 2.26. The van der Waals surface area contributed by atoms with Gasteiger partial charge in [0.25, 0.3) is 0 Å².